The van der Waals surface area contributed by atoms with Crippen molar-refractivity contribution in [3.05, 3.63) is 35.4 Å². The Kier molecular flexibility index (Phi) is 3.46. The number of carbonyl (C=O) groups excluding carboxylic acids is 1. The SMILES string of the molecule is CC(=O)/C(C=Nc1ccc2nc(C)oc2c1)=C(/C)O. The minimum Gasteiger partial charge on any atom is -0.512 e. The summed E-state index contributed by atoms with van der Waals surface area (Å²) in [7, 11) is 0. The zero-order valence-electron chi connectivity index (χ0n) is 11.0. The van der Waals surface area contributed by atoms with Crippen LogP contribution in [0.3, 0.4) is 0 Å². The Labute approximate surface area is 110 Å². The molecule has 1 heterocycles. The number of nitrogens with zero attached hydrogens (tertiary/aromatic N) is 2. The van der Waals surface area contributed by atoms with Crippen LogP contribution in [-0.2, 0) is 4.79 Å². The maximum atomic E-state index is 11.3. The summed E-state index contributed by atoms with van der Waals surface area (Å²) in [6.45, 7) is 4.60. The number of rotatable bonds is 3. The molecule has 0 fully saturated rings. The van der Waals surface area contributed by atoms with Gasteiger partial charge >= 0.3 is 0 Å². The molecule has 2 aromatic rings. The lowest BCUT2D eigenvalue weighted by Crippen LogP contribution is -2.01. The van der Waals surface area contributed by atoms with Crippen LogP contribution in [0.5, 0.6) is 0 Å². The average molecular weight is 258 g/mol. The van der Waals surface area contributed by atoms with E-state index < -0.39 is 0 Å². The summed E-state index contributed by atoms with van der Waals surface area (Å²) in [5.41, 5.74) is 2.22. The molecule has 0 amide bonds. The quantitative estimate of drug-likeness (QED) is 0.521. The number of aromatic nitrogens is 1. The van der Waals surface area contributed by atoms with Crippen molar-refractivity contribution in [2.75, 3.05) is 0 Å². The van der Waals surface area contributed by atoms with Gasteiger partial charge in [-0.1, -0.05) is 0 Å². The lowest BCUT2D eigenvalue weighted by molar-refractivity contribution is -0.113. The maximum Gasteiger partial charge on any atom is 0.192 e. The summed E-state index contributed by atoms with van der Waals surface area (Å²) >= 11 is 0. The molecular formula is C14H14N2O3. The van der Waals surface area contributed by atoms with Crippen LogP contribution in [0.2, 0.25) is 0 Å². The van der Waals surface area contributed by atoms with Gasteiger partial charge in [0.05, 0.1) is 11.3 Å². The van der Waals surface area contributed by atoms with E-state index in [0.29, 0.717) is 17.2 Å². The Morgan fingerprint density at radius 3 is 2.79 bits per heavy atom. The van der Waals surface area contributed by atoms with Crippen LogP contribution in [0, 0.1) is 6.92 Å². The van der Waals surface area contributed by atoms with E-state index in [0.717, 1.165) is 5.52 Å². The van der Waals surface area contributed by atoms with Crippen LogP contribution in [0.1, 0.15) is 19.7 Å². The highest BCUT2D eigenvalue weighted by atomic mass is 16.3. The molecule has 98 valence electrons. The summed E-state index contributed by atoms with van der Waals surface area (Å²) in [4.78, 5) is 19.6. The van der Waals surface area contributed by atoms with Crippen molar-refractivity contribution in [2.45, 2.75) is 20.8 Å². The number of allylic oxidation sites excluding steroid dienone is 2. The number of aliphatic hydroxyl groups is 1. The molecule has 5 nitrogen and oxygen atoms in total. The van der Waals surface area contributed by atoms with E-state index in [1.165, 1.54) is 20.1 Å². The molecule has 0 unspecified atom stereocenters. The summed E-state index contributed by atoms with van der Waals surface area (Å²) in [5.74, 6) is 0.305. The van der Waals surface area contributed by atoms with Crippen molar-refractivity contribution in [3.8, 4) is 0 Å². The molecule has 0 aliphatic rings. The number of ketones is 1. The van der Waals surface area contributed by atoms with Crippen molar-refractivity contribution >= 4 is 28.8 Å². The van der Waals surface area contributed by atoms with Gasteiger partial charge in [0, 0.05) is 19.2 Å². The Morgan fingerprint density at radius 2 is 2.16 bits per heavy atom. The van der Waals surface area contributed by atoms with Gasteiger partial charge in [0.1, 0.15) is 11.3 Å². The second-order valence-corrected chi connectivity index (χ2v) is 4.20. The van der Waals surface area contributed by atoms with Gasteiger partial charge < -0.3 is 9.52 Å². The van der Waals surface area contributed by atoms with Crippen molar-refractivity contribution in [3.63, 3.8) is 0 Å². The average Bonchev–Trinajstić information content (AvgIpc) is 2.67. The fourth-order valence-corrected chi connectivity index (χ4v) is 1.69. The number of fused-ring (bicyclic) bond motifs is 1. The number of hydrogen-bond donors (Lipinski definition) is 1. The lowest BCUT2D eigenvalue weighted by Gasteiger charge is -1.98. The van der Waals surface area contributed by atoms with Crippen LogP contribution in [0.25, 0.3) is 11.1 Å². The Bertz CT molecular complexity index is 692. The monoisotopic (exact) mass is 258 g/mol. The largest absolute Gasteiger partial charge is 0.512 e. The highest BCUT2D eigenvalue weighted by Crippen LogP contribution is 2.21. The van der Waals surface area contributed by atoms with Gasteiger partial charge in [-0.2, -0.15) is 0 Å². The van der Waals surface area contributed by atoms with Gasteiger partial charge in [-0.15, -0.1) is 0 Å². The predicted octanol–water partition coefficient (Wildman–Crippen LogP) is 3.26. The van der Waals surface area contributed by atoms with Gasteiger partial charge in [-0.3, -0.25) is 9.79 Å². The third-order valence-electron chi connectivity index (χ3n) is 2.59. The van der Waals surface area contributed by atoms with Crippen LogP contribution in [-0.4, -0.2) is 22.1 Å². The number of hydrogen-bond acceptors (Lipinski definition) is 5. The number of Topliss-reactive ketones (excluding diaryl/α,β-unsaturated/α-hetero) is 1. The molecule has 1 aromatic carbocycles. The van der Waals surface area contributed by atoms with Crippen molar-refractivity contribution in [1.82, 2.24) is 4.98 Å². The van der Waals surface area contributed by atoms with Crippen molar-refractivity contribution < 1.29 is 14.3 Å². The smallest absolute Gasteiger partial charge is 0.192 e. The van der Waals surface area contributed by atoms with Crippen LogP contribution in [0.4, 0.5) is 5.69 Å². The molecule has 2 rings (SSSR count). The minimum atomic E-state index is -0.236. The van der Waals surface area contributed by atoms with E-state index in [2.05, 4.69) is 9.98 Å². The summed E-state index contributed by atoms with van der Waals surface area (Å²) in [6.07, 6.45) is 1.35. The van der Waals surface area contributed by atoms with Crippen molar-refractivity contribution in [1.29, 1.82) is 0 Å². The van der Waals surface area contributed by atoms with Gasteiger partial charge in [-0.05, 0) is 26.0 Å². The molecular weight excluding hydrogens is 244 g/mol. The van der Waals surface area contributed by atoms with E-state index in [9.17, 15) is 9.90 Å². The van der Waals surface area contributed by atoms with E-state index in [-0.39, 0.29) is 17.1 Å². The summed E-state index contributed by atoms with van der Waals surface area (Å²) in [6, 6.07) is 5.29. The van der Waals surface area contributed by atoms with E-state index >= 15 is 0 Å². The first kappa shape index (κ1) is 13.0. The van der Waals surface area contributed by atoms with Gasteiger partial charge in [0.15, 0.2) is 17.3 Å². The Balaban J connectivity index is 2.35. The third-order valence-corrected chi connectivity index (χ3v) is 2.59. The van der Waals surface area contributed by atoms with Crippen LogP contribution in [0.15, 0.2) is 38.9 Å². The summed E-state index contributed by atoms with van der Waals surface area (Å²) in [5, 5.41) is 9.37. The Hall–Kier alpha value is -2.43. The third kappa shape index (κ3) is 2.88. The minimum absolute atomic E-state index is 0.0483. The fraction of sp³-hybridized carbons (Fsp3) is 0.214. The number of aliphatic hydroxyl groups excluding tert-OH is 1. The molecule has 0 bridgehead atoms. The maximum absolute atomic E-state index is 11.3. The first-order chi connectivity index (χ1) is 8.97. The number of carbonyl (C=O) groups is 1. The van der Waals surface area contributed by atoms with Crippen molar-refractivity contribution in [2.24, 2.45) is 4.99 Å². The first-order valence-corrected chi connectivity index (χ1v) is 5.79. The van der Waals surface area contributed by atoms with E-state index in [4.69, 9.17) is 4.42 Å². The zero-order chi connectivity index (χ0) is 14.0. The molecule has 1 aromatic heterocycles. The first-order valence-electron chi connectivity index (χ1n) is 5.79. The van der Waals surface area contributed by atoms with E-state index in [1.54, 1.807) is 25.1 Å². The van der Waals surface area contributed by atoms with Crippen LogP contribution < -0.4 is 0 Å². The molecule has 5 heteroatoms. The molecule has 0 spiro atoms. The topological polar surface area (TPSA) is 75.7 Å². The molecule has 0 atom stereocenters. The highest BCUT2D eigenvalue weighted by molar-refractivity contribution is 6.13. The normalized spacial score (nSPS) is 13.0. The Morgan fingerprint density at radius 1 is 1.42 bits per heavy atom. The summed E-state index contributed by atoms with van der Waals surface area (Å²) < 4.78 is 5.40. The molecule has 1 N–H and O–H groups in total. The number of oxazole rings is 1. The second kappa shape index (κ2) is 5.06. The van der Waals surface area contributed by atoms with E-state index in [1.807, 2.05) is 0 Å². The van der Waals surface area contributed by atoms with Gasteiger partial charge in [-0.25, -0.2) is 4.98 Å². The molecule has 0 radical (unpaired) electrons. The molecule has 0 aliphatic heterocycles. The zero-order valence-corrected chi connectivity index (χ0v) is 11.0. The van der Waals surface area contributed by atoms with Crippen LogP contribution >= 0.6 is 0 Å². The number of benzene rings is 1. The van der Waals surface area contributed by atoms with Gasteiger partial charge in [0.25, 0.3) is 0 Å². The number of aryl methyl sites for hydroxylation is 1. The lowest BCUT2D eigenvalue weighted by atomic mass is 10.2. The molecule has 0 aliphatic carbocycles. The molecule has 0 saturated carbocycles. The number of aliphatic imine (C=N–C) groups is 1. The fourth-order valence-electron chi connectivity index (χ4n) is 1.69. The standard InChI is InChI=1S/C14H14N2O3/c1-8(17)12(9(2)18)7-15-11-4-5-13-14(6-11)19-10(3)16-13/h4-7,17H,1-3H3/b12-8-,15-7?. The second-order valence-electron chi connectivity index (χ2n) is 4.20. The predicted molar refractivity (Wildman–Crippen MR) is 72.9 cm³/mol. The molecule has 0 saturated heterocycles. The highest BCUT2D eigenvalue weighted by Gasteiger charge is 2.06. The van der Waals surface area contributed by atoms with Gasteiger partial charge in [0.2, 0.25) is 0 Å². The molecule has 19 heavy (non-hydrogen) atoms.